The van der Waals surface area contributed by atoms with E-state index in [-0.39, 0.29) is 5.91 Å². The largest absolute Gasteiger partial charge is 0.340 e. The quantitative estimate of drug-likeness (QED) is 0.899. The number of fused-ring (bicyclic) bond motifs is 1. The topological polar surface area (TPSA) is 45.2 Å². The van der Waals surface area contributed by atoms with Crippen LogP contribution in [-0.4, -0.2) is 42.0 Å². The van der Waals surface area contributed by atoms with Gasteiger partial charge in [-0.15, -0.1) is 0 Å². The standard InChI is InChI=1S/C16H19N3O/c1-12-2-5-15-13(10-12)3-4-14(18-15)11-16(20)19-8-6-17-7-9-19/h2-5,10,17H,6-9,11H2,1H3. The zero-order valence-electron chi connectivity index (χ0n) is 11.7. The van der Waals surface area contributed by atoms with Crippen molar-refractivity contribution in [3.05, 3.63) is 41.6 Å². The summed E-state index contributed by atoms with van der Waals surface area (Å²) >= 11 is 0. The lowest BCUT2D eigenvalue weighted by Crippen LogP contribution is -2.47. The van der Waals surface area contributed by atoms with Crippen LogP contribution in [-0.2, 0) is 11.2 Å². The van der Waals surface area contributed by atoms with E-state index in [1.165, 1.54) is 5.56 Å². The van der Waals surface area contributed by atoms with Crippen molar-refractivity contribution in [3.63, 3.8) is 0 Å². The number of benzene rings is 1. The fraction of sp³-hybridized carbons (Fsp3) is 0.375. The van der Waals surface area contributed by atoms with Crippen LogP contribution in [0.5, 0.6) is 0 Å². The number of hydrogen-bond acceptors (Lipinski definition) is 3. The van der Waals surface area contributed by atoms with Gasteiger partial charge in [-0.25, -0.2) is 0 Å². The van der Waals surface area contributed by atoms with Crippen molar-refractivity contribution in [2.75, 3.05) is 26.2 Å². The number of hydrogen-bond donors (Lipinski definition) is 1. The first-order valence-electron chi connectivity index (χ1n) is 7.07. The minimum atomic E-state index is 0.172. The Morgan fingerprint density at radius 2 is 2.05 bits per heavy atom. The summed E-state index contributed by atoms with van der Waals surface area (Å²) in [7, 11) is 0. The van der Waals surface area contributed by atoms with Crippen molar-refractivity contribution < 1.29 is 4.79 Å². The van der Waals surface area contributed by atoms with Crippen LogP contribution in [0.15, 0.2) is 30.3 Å². The minimum Gasteiger partial charge on any atom is -0.340 e. The molecule has 1 N–H and O–H groups in total. The summed E-state index contributed by atoms with van der Waals surface area (Å²) in [6, 6.07) is 10.2. The van der Waals surface area contributed by atoms with Gasteiger partial charge in [0.25, 0.3) is 0 Å². The van der Waals surface area contributed by atoms with Gasteiger partial charge in [0.1, 0.15) is 0 Å². The number of amides is 1. The van der Waals surface area contributed by atoms with Crippen molar-refractivity contribution >= 4 is 16.8 Å². The smallest absolute Gasteiger partial charge is 0.228 e. The molecular formula is C16H19N3O. The van der Waals surface area contributed by atoms with E-state index >= 15 is 0 Å². The van der Waals surface area contributed by atoms with Gasteiger partial charge in [-0.2, -0.15) is 0 Å². The number of aryl methyl sites for hydroxylation is 1. The van der Waals surface area contributed by atoms with Gasteiger partial charge < -0.3 is 10.2 Å². The monoisotopic (exact) mass is 269 g/mol. The highest BCUT2D eigenvalue weighted by molar-refractivity contribution is 5.82. The molecule has 0 radical (unpaired) electrons. The first-order chi connectivity index (χ1) is 9.72. The van der Waals surface area contributed by atoms with E-state index in [0.29, 0.717) is 6.42 Å². The molecule has 2 heterocycles. The molecule has 0 atom stereocenters. The number of piperazine rings is 1. The molecule has 0 bridgehead atoms. The molecule has 1 fully saturated rings. The molecular weight excluding hydrogens is 250 g/mol. The molecule has 0 aliphatic carbocycles. The van der Waals surface area contributed by atoms with Crippen LogP contribution in [0.25, 0.3) is 10.9 Å². The van der Waals surface area contributed by atoms with Crippen molar-refractivity contribution in [3.8, 4) is 0 Å². The van der Waals surface area contributed by atoms with Crippen molar-refractivity contribution in [2.45, 2.75) is 13.3 Å². The zero-order valence-corrected chi connectivity index (χ0v) is 11.7. The third kappa shape index (κ3) is 2.80. The van der Waals surface area contributed by atoms with Crippen LogP contribution in [0.3, 0.4) is 0 Å². The Labute approximate surface area is 118 Å². The highest BCUT2D eigenvalue weighted by Gasteiger charge is 2.16. The van der Waals surface area contributed by atoms with E-state index in [0.717, 1.165) is 42.8 Å². The summed E-state index contributed by atoms with van der Waals surface area (Å²) < 4.78 is 0. The minimum absolute atomic E-state index is 0.172. The van der Waals surface area contributed by atoms with Crippen LogP contribution in [0.1, 0.15) is 11.3 Å². The van der Waals surface area contributed by atoms with Gasteiger partial charge in [0.05, 0.1) is 17.6 Å². The predicted octanol–water partition coefficient (Wildman–Crippen LogP) is 1.52. The molecule has 3 rings (SSSR count). The molecule has 4 heteroatoms. The number of nitrogens with zero attached hydrogens (tertiary/aromatic N) is 2. The molecule has 0 spiro atoms. The normalized spacial score (nSPS) is 15.6. The van der Waals surface area contributed by atoms with E-state index < -0.39 is 0 Å². The SMILES string of the molecule is Cc1ccc2nc(CC(=O)N3CCNCC3)ccc2c1. The molecule has 104 valence electrons. The lowest BCUT2D eigenvalue weighted by molar-refractivity contribution is -0.131. The van der Waals surface area contributed by atoms with E-state index in [2.05, 4.69) is 35.4 Å². The van der Waals surface area contributed by atoms with Gasteiger partial charge in [-0.1, -0.05) is 17.7 Å². The van der Waals surface area contributed by atoms with E-state index in [9.17, 15) is 4.79 Å². The maximum absolute atomic E-state index is 12.2. The third-order valence-corrected chi connectivity index (χ3v) is 3.70. The van der Waals surface area contributed by atoms with Crippen LogP contribution < -0.4 is 5.32 Å². The van der Waals surface area contributed by atoms with Crippen molar-refractivity contribution in [1.82, 2.24) is 15.2 Å². The molecule has 1 aromatic carbocycles. The van der Waals surface area contributed by atoms with E-state index in [1.807, 2.05) is 17.0 Å². The fourth-order valence-corrected chi connectivity index (χ4v) is 2.57. The Morgan fingerprint density at radius 1 is 1.25 bits per heavy atom. The van der Waals surface area contributed by atoms with Gasteiger partial charge in [-0.3, -0.25) is 9.78 Å². The Morgan fingerprint density at radius 3 is 2.85 bits per heavy atom. The van der Waals surface area contributed by atoms with Gasteiger partial charge in [0.2, 0.25) is 5.91 Å². The Hall–Kier alpha value is -1.94. The average Bonchev–Trinajstić information content (AvgIpc) is 2.48. The predicted molar refractivity (Wildman–Crippen MR) is 79.6 cm³/mol. The molecule has 2 aromatic rings. The van der Waals surface area contributed by atoms with Gasteiger partial charge >= 0.3 is 0 Å². The molecule has 1 aliphatic heterocycles. The van der Waals surface area contributed by atoms with Gasteiger partial charge in [0.15, 0.2) is 0 Å². The lowest BCUT2D eigenvalue weighted by atomic mass is 10.1. The Kier molecular flexibility index (Phi) is 3.65. The van der Waals surface area contributed by atoms with E-state index in [1.54, 1.807) is 0 Å². The number of rotatable bonds is 2. The highest BCUT2D eigenvalue weighted by atomic mass is 16.2. The first kappa shape index (κ1) is 13.1. The van der Waals surface area contributed by atoms with E-state index in [4.69, 9.17) is 0 Å². The zero-order chi connectivity index (χ0) is 13.9. The third-order valence-electron chi connectivity index (χ3n) is 3.70. The first-order valence-corrected chi connectivity index (χ1v) is 7.07. The fourth-order valence-electron chi connectivity index (χ4n) is 2.57. The van der Waals surface area contributed by atoms with Gasteiger partial charge in [0, 0.05) is 31.6 Å². The number of nitrogens with one attached hydrogen (secondary N) is 1. The highest BCUT2D eigenvalue weighted by Crippen LogP contribution is 2.15. The summed E-state index contributed by atoms with van der Waals surface area (Å²) in [6.07, 6.45) is 0.393. The molecule has 20 heavy (non-hydrogen) atoms. The van der Waals surface area contributed by atoms with Gasteiger partial charge in [-0.05, 0) is 25.1 Å². The Bertz CT molecular complexity index is 633. The van der Waals surface area contributed by atoms with Crippen LogP contribution in [0, 0.1) is 6.92 Å². The van der Waals surface area contributed by atoms with Crippen LogP contribution in [0.2, 0.25) is 0 Å². The maximum atomic E-state index is 12.2. The number of carbonyl (C=O) groups excluding carboxylic acids is 1. The second kappa shape index (κ2) is 5.59. The average molecular weight is 269 g/mol. The summed E-state index contributed by atoms with van der Waals surface area (Å²) in [4.78, 5) is 18.7. The second-order valence-corrected chi connectivity index (χ2v) is 5.31. The molecule has 0 saturated carbocycles. The maximum Gasteiger partial charge on any atom is 0.228 e. The molecule has 1 saturated heterocycles. The number of carbonyl (C=O) groups is 1. The number of aromatic nitrogens is 1. The molecule has 1 aliphatic rings. The number of pyridine rings is 1. The van der Waals surface area contributed by atoms with Crippen LogP contribution in [0.4, 0.5) is 0 Å². The van der Waals surface area contributed by atoms with Crippen LogP contribution >= 0.6 is 0 Å². The van der Waals surface area contributed by atoms with Crippen molar-refractivity contribution in [2.24, 2.45) is 0 Å². The van der Waals surface area contributed by atoms with Crippen molar-refractivity contribution in [1.29, 1.82) is 0 Å². The summed E-state index contributed by atoms with van der Waals surface area (Å²) in [5, 5.41) is 4.38. The second-order valence-electron chi connectivity index (χ2n) is 5.31. The molecule has 4 nitrogen and oxygen atoms in total. The lowest BCUT2D eigenvalue weighted by Gasteiger charge is -2.27. The molecule has 1 aromatic heterocycles. The molecule has 0 unspecified atom stereocenters. The molecule has 1 amide bonds. The Balaban J connectivity index is 1.76. The summed E-state index contributed by atoms with van der Waals surface area (Å²) in [6.45, 7) is 5.44. The summed E-state index contributed by atoms with van der Waals surface area (Å²) in [5.41, 5.74) is 3.04. The summed E-state index contributed by atoms with van der Waals surface area (Å²) in [5.74, 6) is 0.172.